The standard InChI is InChI=1S/C22H20ClN5O2S/c1-14-8-9-27-19(10-14)24-15(11-21(27)29)13-31-22-26-25-20(28(22)16-6-7-16)12-30-18-5-3-2-4-17(18)23/h2-5,8-11,16H,6-7,12-13H2,1H3. The molecule has 31 heavy (non-hydrogen) atoms. The second kappa shape index (κ2) is 8.36. The van der Waals surface area contributed by atoms with Crippen molar-refractivity contribution in [1.29, 1.82) is 0 Å². The van der Waals surface area contributed by atoms with E-state index >= 15 is 0 Å². The average molecular weight is 454 g/mol. The van der Waals surface area contributed by atoms with E-state index in [2.05, 4.69) is 19.7 Å². The monoisotopic (exact) mass is 453 g/mol. The molecule has 1 aromatic carbocycles. The van der Waals surface area contributed by atoms with Crippen molar-refractivity contribution in [1.82, 2.24) is 24.1 Å². The van der Waals surface area contributed by atoms with Crippen LogP contribution in [0.1, 0.15) is 36.0 Å². The lowest BCUT2D eigenvalue weighted by atomic mass is 10.3. The van der Waals surface area contributed by atoms with Gasteiger partial charge in [0.25, 0.3) is 5.56 Å². The number of ether oxygens (including phenoxy) is 1. The first-order valence-corrected chi connectivity index (χ1v) is 11.4. The predicted molar refractivity (Wildman–Crippen MR) is 120 cm³/mol. The van der Waals surface area contributed by atoms with Gasteiger partial charge in [-0.3, -0.25) is 13.8 Å². The molecule has 4 aromatic rings. The summed E-state index contributed by atoms with van der Waals surface area (Å²) in [7, 11) is 0. The van der Waals surface area contributed by atoms with Crippen LogP contribution in [0.25, 0.3) is 5.65 Å². The van der Waals surface area contributed by atoms with E-state index in [4.69, 9.17) is 16.3 Å². The fraction of sp³-hybridized carbons (Fsp3) is 0.273. The predicted octanol–water partition coefficient (Wildman–Crippen LogP) is 4.45. The summed E-state index contributed by atoms with van der Waals surface area (Å²) in [5, 5.41) is 10.1. The van der Waals surface area contributed by atoms with Crippen LogP contribution in [0.5, 0.6) is 5.75 Å². The van der Waals surface area contributed by atoms with Crippen molar-refractivity contribution in [2.24, 2.45) is 0 Å². The molecule has 3 heterocycles. The number of rotatable bonds is 7. The number of para-hydroxylation sites is 1. The Bertz CT molecular complexity index is 1310. The van der Waals surface area contributed by atoms with E-state index in [1.807, 2.05) is 37.3 Å². The van der Waals surface area contributed by atoms with Gasteiger partial charge >= 0.3 is 0 Å². The summed E-state index contributed by atoms with van der Waals surface area (Å²) >= 11 is 7.72. The Kier molecular flexibility index (Phi) is 5.41. The van der Waals surface area contributed by atoms with Crippen LogP contribution in [-0.2, 0) is 12.4 Å². The molecule has 5 rings (SSSR count). The van der Waals surface area contributed by atoms with E-state index in [1.165, 1.54) is 11.8 Å². The molecule has 0 aliphatic heterocycles. The molecular weight excluding hydrogens is 434 g/mol. The number of halogens is 1. The fourth-order valence-corrected chi connectivity index (χ4v) is 4.48. The minimum atomic E-state index is -0.0851. The molecule has 3 aromatic heterocycles. The van der Waals surface area contributed by atoms with Gasteiger partial charge in [0.15, 0.2) is 11.0 Å². The van der Waals surface area contributed by atoms with Crippen molar-refractivity contribution in [2.45, 2.75) is 43.3 Å². The highest BCUT2D eigenvalue weighted by molar-refractivity contribution is 7.98. The molecular formula is C22H20ClN5O2S. The number of nitrogens with zero attached hydrogens (tertiary/aromatic N) is 5. The first-order valence-electron chi connectivity index (χ1n) is 10.0. The lowest BCUT2D eigenvalue weighted by molar-refractivity contribution is 0.288. The third kappa shape index (κ3) is 4.31. The van der Waals surface area contributed by atoms with Crippen LogP contribution in [0.4, 0.5) is 0 Å². The van der Waals surface area contributed by atoms with Crippen molar-refractivity contribution < 1.29 is 4.74 Å². The summed E-state index contributed by atoms with van der Waals surface area (Å²) in [4.78, 5) is 17.1. The number of fused-ring (bicyclic) bond motifs is 1. The maximum atomic E-state index is 12.4. The SMILES string of the molecule is Cc1ccn2c(=O)cc(CSc3nnc(COc4ccccc4Cl)n3C3CC3)nc2c1. The van der Waals surface area contributed by atoms with Crippen LogP contribution in [-0.4, -0.2) is 24.1 Å². The number of benzene rings is 1. The molecule has 1 aliphatic rings. The molecule has 1 aliphatic carbocycles. The van der Waals surface area contributed by atoms with Gasteiger partial charge in [-0.05, 0) is 49.6 Å². The fourth-order valence-electron chi connectivity index (χ4n) is 3.37. The molecule has 0 unspecified atom stereocenters. The molecule has 158 valence electrons. The molecule has 0 radical (unpaired) electrons. The van der Waals surface area contributed by atoms with E-state index < -0.39 is 0 Å². The molecule has 0 N–H and O–H groups in total. The molecule has 1 fully saturated rings. The van der Waals surface area contributed by atoms with Crippen molar-refractivity contribution in [3.63, 3.8) is 0 Å². The summed E-state index contributed by atoms with van der Waals surface area (Å²) < 4.78 is 9.56. The molecule has 0 spiro atoms. The number of hydrogen-bond acceptors (Lipinski definition) is 6. The van der Waals surface area contributed by atoms with Crippen molar-refractivity contribution >= 4 is 29.0 Å². The van der Waals surface area contributed by atoms with Gasteiger partial charge in [-0.2, -0.15) is 0 Å². The Morgan fingerprint density at radius 1 is 1.19 bits per heavy atom. The van der Waals surface area contributed by atoms with Crippen LogP contribution >= 0.6 is 23.4 Å². The smallest absolute Gasteiger partial charge is 0.258 e. The lowest BCUT2D eigenvalue weighted by Gasteiger charge is -2.11. The van der Waals surface area contributed by atoms with Crippen LogP contribution in [0, 0.1) is 6.92 Å². The van der Waals surface area contributed by atoms with Crippen LogP contribution in [0.2, 0.25) is 5.02 Å². The first-order chi connectivity index (χ1) is 15.1. The maximum Gasteiger partial charge on any atom is 0.258 e. The average Bonchev–Trinajstić information content (AvgIpc) is 3.51. The van der Waals surface area contributed by atoms with E-state index in [0.717, 1.165) is 35.1 Å². The molecule has 0 bridgehead atoms. The van der Waals surface area contributed by atoms with Gasteiger partial charge in [-0.15, -0.1) is 10.2 Å². The quantitative estimate of drug-likeness (QED) is 0.385. The third-order valence-electron chi connectivity index (χ3n) is 5.07. The summed E-state index contributed by atoms with van der Waals surface area (Å²) in [5.41, 5.74) is 2.35. The Hall–Kier alpha value is -2.84. The molecule has 0 saturated heterocycles. The normalized spacial score (nSPS) is 13.6. The number of aryl methyl sites for hydroxylation is 1. The zero-order chi connectivity index (χ0) is 21.4. The van der Waals surface area contributed by atoms with Gasteiger partial charge in [0.2, 0.25) is 0 Å². The first kappa shape index (κ1) is 20.1. The highest BCUT2D eigenvalue weighted by atomic mass is 35.5. The topological polar surface area (TPSA) is 74.3 Å². The van der Waals surface area contributed by atoms with E-state index in [1.54, 1.807) is 22.7 Å². The molecule has 0 atom stereocenters. The van der Waals surface area contributed by atoms with Gasteiger partial charge in [0.1, 0.15) is 18.0 Å². The van der Waals surface area contributed by atoms with Crippen molar-refractivity contribution in [3.05, 3.63) is 81.1 Å². The van der Waals surface area contributed by atoms with Crippen LogP contribution in [0.3, 0.4) is 0 Å². The summed E-state index contributed by atoms with van der Waals surface area (Å²) in [6, 6.07) is 13.2. The largest absolute Gasteiger partial charge is 0.484 e. The minimum Gasteiger partial charge on any atom is -0.484 e. The van der Waals surface area contributed by atoms with Crippen molar-refractivity contribution in [2.75, 3.05) is 0 Å². The van der Waals surface area contributed by atoms with Gasteiger partial charge in [0.05, 0.1) is 10.7 Å². The number of hydrogen-bond donors (Lipinski definition) is 0. The highest BCUT2D eigenvalue weighted by Crippen LogP contribution is 2.39. The number of thioether (sulfide) groups is 1. The molecule has 1 saturated carbocycles. The molecule has 0 amide bonds. The van der Waals surface area contributed by atoms with Gasteiger partial charge in [-0.25, -0.2) is 4.98 Å². The Labute approximate surface area is 188 Å². The molecule has 9 heteroatoms. The summed E-state index contributed by atoms with van der Waals surface area (Å²) in [6.45, 7) is 2.28. The number of aromatic nitrogens is 5. The second-order valence-corrected chi connectivity index (χ2v) is 8.88. The Morgan fingerprint density at radius 2 is 2.03 bits per heavy atom. The maximum absolute atomic E-state index is 12.4. The van der Waals surface area contributed by atoms with E-state index in [9.17, 15) is 4.79 Å². The summed E-state index contributed by atoms with van der Waals surface area (Å²) in [5.74, 6) is 1.93. The second-order valence-electron chi connectivity index (χ2n) is 7.53. The van der Waals surface area contributed by atoms with Crippen LogP contribution < -0.4 is 10.3 Å². The highest BCUT2D eigenvalue weighted by Gasteiger charge is 2.30. The summed E-state index contributed by atoms with van der Waals surface area (Å²) in [6.07, 6.45) is 3.95. The third-order valence-corrected chi connectivity index (χ3v) is 6.35. The zero-order valence-electron chi connectivity index (χ0n) is 16.9. The Morgan fingerprint density at radius 3 is 2.84 bits per heavy atom. The molecule has 7 nitrogen and oxygen atoms in total. The Balaban J connectivity index is 1.35. The number of pyridine rings is 1. The van der Waals surface area contributed by atoms with Crippen molar-refractivity contribution in [3.8, 4) is 5.75 Å². The van der Waals surface area contributed by atoms with E-state index in [-0.39, 0.29) is 5.56 Å². The zero-order valence-corrected chi connectivity index (χ0v) is 18.4. The van der Waals surface area contributed by atoms with Crippen LogP contribution in [0.15, 0.2) is 58.6 Å². The lowest BCUT2D eigenvalue weighted by Crippen LogP contribution is -2.15. The van der Waals surface area contributed by atoms with Gasteiger partial charge in [0, 0.05) is 24.1 Å². The van der Waals surface area contributed by atoms with E-state index in [0.29, 0.717) is 34.8 Å². The van der Waals surface area contributed by atoms with Gasteiger partial charge in [-0.1, -0.05) is 35.5 Å². The minimum absolute atomic E-state index is 0.0851. The van der Waals surface area contributed by atoms with Gasteiger partial charge < -0.3 is 4.74 Å².